The molecule has 0 bridgehead atoms. The summed E-state index contributed by atoms with van der Waals surface area (Å²) in [5, 5.41) is 4.19. The Hall–Kier alpha value is -1.36. The summed E-state index contributed by atoms with van der Waals surface area (Å²) < 4.78 is 4.74. The van der Waals surface area contributed by atoms with Crippen LogP contribution in [0.4, 0.5) is 5.69 Å². The first-order valence-electron chi connectivity index (χ1n) is 6.17. The van der Waals surface area contributed by atoms with E-state index >= 15 is 0 Å². The van der Waals surface area contributed by atoms with Crippen LogP contribution in [0, 0.1) is 0 Å². The lowest BCUT2D eigenvalue weighted by atomic mass is 9.93. The number of rotatable bonds is 3. The second-order valence-corrected chi connectivity index (χ2v) is 5.78. The summed E-state index contributed by atoms with van der Waals surface area (Å²) in [5.74, 6) is -0.458. The van der Waals surface area contributed by atoms with Gasteiger partial charge in [0.25, 0.3) is 0 Å². The van der Waals surface area contributed by atoms with Crippen molar-refractivity contribution in [3.05, 3.63) is 51.5 Å². The van der Waals surface area contributed by atoms with Gasteiger partial charge < -0.3 is 10.1 Å². The van der Waals surface area contributed by atoms with Crippen LogP contribution in [0.15, 0.2) is 41.5 Å². The van der Waals surface area contributed by atoms with Gasteiger partial charge in [0, 0.05) is 0 Å². The van der Waals surface area contributed by atoms with Gasteiger partial charge in [0.2, 0.25) is 0 Å². The van der Waals surface area contributed by atoms with Crippen molar-refractivity contribution in [1.82, 2.24) is 0 Å². The van der Waals surface area contributed by atoms with Gasteiger partial charge in [-0.2, -0.15) is 0 Å². The van der Waals surface area contributed by atoms with Crippen LogP contribution >= 0.6 is 35.4 Å². The van der Waals surface area contributed by atoms with Crippen molar-refractivity contribution in [3.63, 3.8) is 0 Å². The number of thiocarbonyl (C=S) groups is 1. The molecule has 0 spiro atoms. The second kappa shape index (κ2) is 6.60. The topological polar surface area (TPSA) is 38.3 Å². The molecule has 0 saturated heterocycles. The number of carbonyl (C=O) groups excluding carboxylic acids is 1. The summed E-state index contributed by atoms with van der Waals surface area (Å²) >= 11 is 17.7. The summed E-state index contributed by atoms with van der Waals surface area (Å²) in [5.41, 5.74) is 1.91. The Bertz CT molecular complexity index is 647. The Balaban J connectivity index is 2.33. The minimum absolute atomic E-state index is 0.337. The Morgan fingerprint density at radius 1 is 1.29 bits per heavy atom. The van der Waals surface area contributed by atoms with Crippen molar-refractivity contribution in [2.75, 3.05) is 12.4 Å². The maximum atomic E-state index is 11.7. The molecule has 0 heterocycles. The molecule has 1 aliphatic carbocycles. The highest BCUT2D eigenvalue weighted by molar-refractivity contribution is 7.81. The third kappa shape index (κ3) is 3.28. The average Bonchev–Trinajstić information content (AvgIpc) is 2.45. The SMILES string of the molecule is COC(=O)C1=CC=C(C)C(Nc2c(Cl)cccc2Cl)C1=S. The van der Waals surface area contributed by atoms with Crippen molar-refractivity contribution in [3.8, 4) is 0 Å². The fourth-order valence-corrected chi connectivity index (χ4v) is 2.90. The molecule has 1 N–H and O–H groups in total. The Morgan fingerprint density at radius 3 is 2.48 bits per heavy atom. The number of hydrogen-bond donors (Lipinski definition) is 1. The van der Waals surface area contributed by atoms with Gasteiger partial charge in [-0.05, 0) is 30.7 Å². The van der Waals surface area contributed by atoms with E-state index in [2.05, 4.69) is 5.32 Å². The van der Waals surface area contributed by atoms with Crippen molar-refractivity contribution in [2.24, 2.45) is 0 Å². The number of hydrogen-bond acceptors (Lipinski definition) is 4. The van der Waals surface area contributed by atoms with Gasteiger partial charge in [-0.15, -0.1) is 0 Å². The minimum Gasteiger partial charge on any atom is -0.465 e. The predicted molar refractivity (Wildman–Crippen MR) is 90.3 cm³/mol. The molecule has 0 aromatic heterocycles. The fourth-order valence-electron chi connectivity index (χ4n) is 1.99. The van der Waals surface area contributed by atoms with E-state index in [4.69, 9.17) is 40.2 Å². The number of benzene rings is 1. The lowest BCUT2D eigenvalue weighted by Crippen LogP contribution is -2.35. The lowest BCUT2D eigenvalue weighted by Gasteiger charge is -2.26. The van der Waals surface area contributed by atoms with E-state index in [1.807, 2.05) is 13.0 Å². The van der Waals surface area contributed by atoms with Crippen LogP contribution in [0.5, 0.6) is 0 Å². The zero-order chi connectivity index (χ0) is 15.6. The van der Waals surface area contributed by atoms with Crippen LogP contribution in [0.25, 0.3) is 0 Å². The maximum absolute atomic E-state index is 11.7. The fraction of sp³-hybridized carbons (Fsp3) is 0.200. The van der Waals surface area contributed by atoms with Gasteiger partial charge >= 0.3 is 5.97 Å². The molecule has 0 saturated carbocycles. The molecule has 1 aromatic rings. The van der Waals surface area contributed by atoms with E-state index in [9.17, 15) is 4.79 Å². The quantitative estimate of drug-likeness (QED) is 0.660. The Kier molecular flexibility index (Phi) is 5.04. The van der Waals surface area contributed by atoms with E-state index in [0.717, 1.165) is 5.57 Å². The molecule has 110 valence electrons. The molecule has 0 amide bonds. The van der Waals surface area contributed by atoms with E-state index in [1.165, 1.54) is 7.11 Å². The molecule has 21 heavy (non-hydrogen) atoms. The minimum atomic E-state index is -0.458. The standard InChI is InChI=1S/C15H13Cl2NO2S/c1-8-6-7-9(15(19)20-2)14(21)12(8)18-13-10(16)4-3-5-11(13)17/h3-7,12,18H,1-2H3. The third-order valence-electron chi connectivity index (χ3n) is 3.15. The highest BCUT2D eigenvalue weighted by atomic mass is 35.5. The number of allylic oxidation sites excluding steroid dienone is 2. The summed E-state index contributed by atoms with van der Waals surface area (Å²) in [4.78, 5) is 12.2. The zero-order valence-corrected chi connectivity index (χ0v) is 13.8. The van der Waals surface area contributed by atoms with E-state index in [1.54, 1.807) is 24.3 Å². The van der Waals surface area contributed by atoms with Gasteiger partial charge in [-0.25, -0.2) is 4.79 Å². The first-order valence-corrected chi connectivity index (χ1v) is 7.33. The largest absolute Gasteiger partial charge is 0.465 e. The molecule has 1 atom stereocenters. The van der Waals surface area contributed by atoms with Gasteiger partial charge in [-0.1, -0.05) is 47.6 Å². The Morgan fingerprint density at radius 2 is 1.90 bits per heavy atom. The molecule has 2 rings (SSSR count). The van der Waals surface area contributed by atoms with Gasteiger partial charge in [0.15, 0.2) is 0 Å². The number of halogens is 2. The first kappa shape index (κ1) is 16.0. The molecular formula is C15H13Cl2NO2S. The molecule has 0 radical (unpaired) electrons. The lowest BCUT2D eigenvalue weighted by molar-refractivity contribution is -0.135. The smallest absolute Gasteiger partial charge is 0.339 e. The van der Waals surface area contributed by atoms with Gasteiger partial charge in [0.05, 0.1) is 39.3 Å². The molecule has 1 aliphatic rings. The highest BCUT2D eigenvalue weighted by Crippen LogP contribution is 2.32. The zero-order valence-electron chi connectivity index (χ0n) is 11.4. The van der Waals surface area contributed by atoms with Crippen LogP contribution in [-0.4, -0.2) is 24.0 Å². The van der Waals surface area contributed by atoms with Crippen LogP contribution in [0.3, 0.4) is 0 Å². The Labute approximate surface area is 138 Å². The molecule has 0 aliphatic heterocycles. The summed E-state index contributed by atoms with van der Waals surface area (Å²) in [6.45, 7) is 1.92. The van der Waals surface area contributed by atoms with Crippen molar-refractivity contribution in [1.29, 1.82) is 0 Å². The maximum Gasteiger partial charge on any atom is 0.339 e. The van der Waals surface area contributed by atoms with Crippen molar-refractivity contribution < 1.29 is 9.53 Å². The van der Waals surface area contributed by atoms with Crippen LogP contribution in [0.1, 0.15) is 6.92 Å². The predicted octanol–water partition coefficient (Wildman–Crippen LogP) is 4.20. The number of nitrogens with one attached hydrogen (secondary N) is 1. The summed E-state index contributed by atoms with van der Waals surface area (Å²) in [7, 11) is 1.32. The number of para-hydroxylation sites is 1. The third-order valence-corrected chi connectivity index (χ3v) is 4.24. The normalized spacial score (nSPS) is 17.9. The van der Waals surface area contributed by atoms with Crippen molar-refractivity contribution in [2.45, 2.75) is 13.0 Å². The molecule has 1 unspecified atom stereocenters. The van der Waals surface area contributed by atoms with Gasteiger partial charge in [-0.3, -0.25) is 0 Å². The molecule has 1 aromatic carbocycles. The van der Waals surface area contributed by atoms with Crippen LogP contribution < -0.4 is 5.32 Å². The van der Waals surface area contributed by atoms with Gasteiger partial charge in [0.1, 0.15) is 0 Å². The number of carbonyl (C=O) groups is 1. The first-order chi connectivity index (χ1) is 9.95. The number of methoxy groups -OCH3 is 1. The number of anilines is 1. The van der Waals surface area contributed by atoms with Crippen LogP contribution in [0.2, 0.25) is 10.0 Å². The van der Waals surface area contributed by atoms with Crippen molar-refractivity contribution >= 4 is 51.9 Å². The molecule has 0 fully saturated rings. The van der Waals surface area contributed by atoms with E-state index < -0.39 is 5.97 Å². The number of esters is 1. The van der Waals surface area contributed by atoms with E-state index in [-0.39, 0.29) is 6.04 Å². The molecular weight excluding hydrogens is 329 g/mol. The molecule has 3 nitrogen and oxygen atoms in total. The molecule has 6 heteroatoms. The highest BCUT2D eigenvalue weighted by Gasteiger charge is 2.28. The summed E-state index contributed by atoms with van der Waals surface area (Å²) in [6.07, 6.45) is 3.49. The monoisotopic (exact) mass is 341 g/mol. The van der Waals surface area contributed by atoms with Crippen LogP contribution in [-0.2, 0) is 9.53 Å². The average molecular weight is 342 g/mol. The summed E-state index contributed by atoms with van der Waals surface area (Å²) in [6, 6.07) is 4.89. The van der Waals surface area contributed by atoms with E-state index in [0.29, 0.717) is 26.2 Å². The second-order valence-electron chi connectivity index (χ2n) is 4.52. The number of ether oxygens (including phenoxy) is 1.